The van der Waals surface area contributed by atoms with Gasteiger partial charge in [0.15, 0.2) is 0 Å². The monoisotopic (exact) mass is 576 g/mol. The topological polar surface area (TPSA) is 128 Å². The molecule has 1 N–H and O–H groups in total. The average molecular weight is 577 g/mol. The van der Waals surface area contributed by atoms with E-state index in [-0.39, 0.29) is 17.9 Å². The quantitative estimate of drug-likeness (QED) is 0.403. The number of alkyl carbamates (subject to hydrolysis) is 1. The number of nitrogens with one attached hydrogen (secondary N) is 1. The van der Waals surface area contributed by atoms with Gasteiger partial charge in [0.05, 0.1) is 18.1 Å². The van der Waals surface area contributed by atoms with Gasteiger partial charge >= 0.3 is 12.1 Å². The van der Waals surface area contributed by atoms with Crippen LogP contribution in [-0.2, 0) is 33.4 Å². The summed E-state index contributed by atoms with van der Waals surface area (Å²) in [6.07, 6.45) is -1.86. The zero-order valence-electron chi connectivity index (χ0n) is 21.0. The van der Waals surface area contributed by atoms with Gasteiger partial charge in [-0.05, 0) is 50.5 Å². The first-order valence-corrected chi connectivity index (χ1v) is 13.2. The first-order chi connectivity index (χ1) is 15.9. The van der Waals surface area contributed by atoms with Gasteiger partial charge in [0.1, 0.15) is 17.7 Å². The molecule has 0 saturated carbocycles. The van der Waals surface area contributed by atoms with Gasteiger partial charge in [-0.2, -0.15) is 8.42 Å². The van der Waals surface area contributed by atoms with E-state index >= 15 is 0 Å². The van der Waals surface area contributed by atoms with Gasteiger partial charge in [-0.3, -0.25) is 8.98 Å². The van der Waals surface area contributed by atoms with Crippen LogP contribution in [0, 0.1) is 5.41 Å². The van der Waals surface area contributed by atoms with Crippen LogP contribution in [0.25, 0.3) is 0 Å². The van der Waals surface area contributed by atoms with Gasteiger partial charge in [0.25, 0.3) is 10.1 Å². The van der Waals surface area contributed by atoms with E-state index in [9.17, 15) is 22.8 Å². The van der Waals surface area contributed by atoms with Crippen molar-refractivity contribution < 1.29 is 36.5 Å². The Morgan fingerprint density at radius 3 is 2.14 bits per heavy atom. The molecule has 3 atom stereocenters. The van der Waals surface area contributed by atoms with E-state index in [1.807, 2.05) is 0 Å². The minimum Gasteiger partial charge on any atom is -0.467 e. The molecule has 10 nitrogen and oxygen atoms in total. The van der Waals surface area contributed by atoms with E-state index in [0.29, 0.717) is 4.47 Å². The molecular formula is C23H33BrN2O8S. The van der Waals surface area contributed by atoms with Crippen LogP contribution in [0.3, 0.4) is 0 Å². The standard InChI is InChI=1S/C23H33BrN2O8S/c1-22(2,3)18(25-21(29)33-23(4,5)6)19(27)26-13-15(12-17(26)20(28)32-7)34-35(30,31)16-10-8-14(24)9-11-16/h8-11,15,17-18H,12-13H2,1-7H3,(H,25,29)/t15-,17+,18-/m1/s1. The summed E-state index contributed by atoms with van der Waals surface area (Å²) in [6, 6.07) is 3.75. The molecule has 2 amide bonds. The van der Waals surface area contributed by atoms with E-state index < -0.39 is 57.3 Å². The van der Waals surface area contributed by atoms with Crippen molar-refractivity contribution in [3.8, 4) is 0 Å². The lowest BCUT2D eigenvalue weighted by molar-refractivity contribution is -0.152. The van der Waals surface area contributed by atoms with Crippen molar-refractivity contribution in [1.82, 2.24) is 10.2 Å². The van der Waals surface area contributed by atoms with E-state index in [4.69, 9.17) is 13.7 Å². The minimum absolute atomic E-state index is 0.0562. The summed E-state index contributed by atoms with van der Waals surface area (Å²) < 4.78 is 41.8. The lowest BCUT2D eigenvalue weighted by Gasteiger charge is -2.35. The summed E-state index contributed by atoms with van der Waals surface area (Å²) in [7, 11) is -2.98. The summed E-state index contributed by atoms with van der Waals surface area (Å²) in [6.45, 7) is 10.2. The Balaban J connectivity index is 2.29. The third kappa shape index (κ3) is 7.91. The molecule has 0 radical (unpaired) electrons. The molecule has 0 aromatic heterocycles. The second kappa shape index (κ2) is 10.8. The normalized spacial score (nSPS) is 19.7. The second-order valence-corrected chi connectivity index (χ2v) is 12.8. The number of likely N-dealkylation sites (tertiary alicyclic amines) is 1. The average Bonchev–Trinajstić information content (AvgIpc) is 3.12. The van der Waals surface area contributed by atoms with Gasteiger partial charge < -0.3 is 19.7 Å². The van der Waals surface area contributed by atoms with Crippen LogP contribution >= 0.6 is 15.9 Å². The number of benzene rings is 1. The Labute approximate surface area is 214 Å². The fourth-order valence-corrected chi connectivity index (χ4v) is 4.89. The number of halogens is 1. The summed E-state index contributed by atoms with van der Waals surface area (Å²) in [5.41, 5.74) is -1.53. The van der Waals surface area contributed by atoms with Gasteiger partial charge in [0.2, 0.25) is 5.91 Å². The molecule has 12 heteroatoms. The van der Waals surface area contributed by atoms with Crippen LogP contribution in [0.1, 0.15) is 48.0 Å². The first kappa shape index (κ1) is 29.1. The van der Waals surface area contributed by atoms with Gasteiger partial charge in [-0.1, -0.05) is 36.7 Å². The molecule has 196 valence electrons. The molecular weight excluding hydrogens is 544 g/mol. The maximum Gasteiger partial charge on any atom is 0.408 e. The van der Waals surface area contributed by atoms with Crippen LogP contribution in [0.4, 0.5) is 4.79 Å². The molecule has 1 aliphatic rings. The second-order valence-electron chi connectivity index (χ2n) is 10.3. The summed E-state index contributed by atoms with van der Waals surface area (Å²) >= 11 is 3.25. The summed E-state index contributed by atoms with van der Waals surface area (Å²) in [5.74, 6) is -1.29. The fraction of sp³-hybridized carbons (Fsp3) is 0.609. The van der Waals surface area contributed by atoms with Crippen LogP contribution in [0.2, 0.25) is 0 Å². The smallest absolute Gasteiger partial charge is 0.408 e. The number of nitrogens with zero attached hydrogens (tertiary/aromatic N) is 1. The van der Waals surface area contributed by atoms with Crippen LogP contribution < -0.4 is 5.32 Å². The zero-order valence-corrected chi connectivity index (χ0v) is 23.4. The van der Waals surface area contributed by atoms with E-state index in [2.05, 4.69) is 21.2 Å². The van der Waals surface area contributed by atoms with Crippen LogP contribution in [-0.4, -0.2) is 68.7 Å². The van der Waals surface area contributed by atoms with Crippen molar-refractivity contribution in [2.24, 2.45) is 5.41 Å². The van der Waals surface area contributed by atoms with Crippen molar-refractivity contribution in [2.45, 2.75) is 76.6 Å². The molecule has 1 fully saturated rings. The lowest BCUT2D eigenvalue weighted by Crippen LogP contribution is -2.57. The Kier molecular flexibility index (Phi) is 8.99. The van der Waals surface area contributed by atoms with Gasteiger partial charge in [0, 0.05) is 17.4 Å². The van der Waals surface area contributed by atoms with Crippen molar-refractivity contribution in [3.05, 3.63) is 28.7 Å². The zero-order chi connectivity index (χ0) is 26.8. The summed E-state index contributed by atoms with van der Waals surface area (Å²) in [5, 5.41) is 2.59. The van der Waals surface area contributed by atoms with Crippen molar-refractivity contribution in [1.29, 1.82) is 0 Å². The van der Waals surface area contributed by atoms with E-state index in [1.54, 1.807) is 53.7 Å². The molecule has 0 bridgehead atoms. The molecule has 0 spiro atoms. The largest absolute Gasteiger partial charge is 0.467 e. The number of carbonyl (C=O) groups is 3. The lowest BCUT2D eigenvalue weighted by atomic mass is 9.85. The Morgan fingerprint density at radius 2 is 1.66 bits per heavy atom. The molecule has 2 rings (SSSR count). The van der Waals surface area contributed by atoms with Crippen LogP contribution in [0.15, 0.2) is 33.6 Å². The highest BCUT2D eigenvalue weighted by molar-refractivity contribution is 9.10. The van der Waals surface area contributed by atoms with E-state index in [1.165, 1.54) is 24.1 Å². The molecule has 1 heterocycles. The first-order valence-electron chi connectivity index (χ1n) is 11.0. The van der Waals surface area contributed by atoms with E-state index in [0.717, 1.165) is 0 Å². The Hall–Kier alpha value is -2.18. The fourth-order valence-electron chi connectivity index (χ4n) is 3.55. The molecule has 1 aliphatic heterocycles. The highest BCUT2D eigenvalue weighted by atomic mass is 79.9. The molecule has 1 aromatic rings. The molecule has 0 unspecified atom stereocenters. The third-order valence-electron chi connectivity index (χ3n) is 5.16. The number of rotatable bonds is 6. The van der Waals surface area contributed by atoms with Crippen LogP contribution in [0.5, 0.6) is 0 Å². The van der Waals surface area contributed by atoms with Gasteiger partial charge in [-0.15, -0.1) is 0 Å². The Bertz CT molecular complexity index is 1040. The predicted molar refractivity (Wildman–Crippen MR) is 131 cm³/mol. The Morgan fingerprint density at radius 1 is 1.09 bits per heavy atom. The molecule has 1 aromatic carbocycles. The molecule has 35 heavy (non-hydrogen) atoms. The van der Waals surface area contributed by atoms with Crippen molar-refractivity contribution >= 4 is 44.0 Å². The van der Waals surface area contributed by atoms with Crippen molar-refractivity contribution in [2.75, 3.05) is 13.7 Å². The van der Waals surface area contributed by atoms with Crippen molar-refractivity contribution in [3.63, 3.8) is 0 Å². The maximum atomic E-state index is 13.6. The highest BCUT2D eigenvalue weighted by Crippen LogP contribution is 2.30. The number of esters is 1. The number of ether oxygens (including phenoxy) is 2. The number of methoxy groups -OCH3 is 1. The molecule has 0 aliphatic carbocycles. The number of hydrogen-bond donors (Lipinski definition) is 1. The maximum absolute atomic E-state index is 13.6. The predicted octanol–water partition coefficient (Wildman–Crippen LogP) is 3.24. The number of amides is 2. The number of carbonyl (C=O) groups excluding carboxylic acids is 3. The summed E-state index contributed by atoms with van der Waals surface area (Å²) in [4.78, 5) is 39.6. The SMILES string of the molecule is COC(=O)[C@@H]1C[C@@H](OS(=O)(=O)c2ccc(Br)cc2)CN1C(=O)[C@@H](NC(=O)OC(C)(C)C)C(C)(C)C. The van der Waals surface area contributed by atoms with Gasteiger partial charge in [-0.25, -0.2) is 9.59 Å². The molecule has 1 saturated heterocycles. The minimum atomic E-state index is -4.15. The third-order valence-corrected chi connectivity index (χ3v) is 7.06. The number of hydrogen-bond acceptors (Lipinski definition) is 8. The highest BCUT2D eigenvalue weighted by Gasteiger charge is 2.47.